The molecular formula is C23H27N5O3S. The van der Waals surface area contributed by atoms with Crippen LogP contribution in [-0.4, -0.2) is 33.5 Å². The van der Waals surface area contributed by atoms with Gasteiger partial charge in [-0.25, -0.2) is 9.78 Å². The Balaban J connectivity index is 1.53. The minimum Gasteiger partial charge on any atom is -0.444 e. The lowest BCUT2D eigenvalue weighted by Gasteiger charge is -2.20. The van der Waals surface area contributed by atoms with E-state index in [0.29, 0.717) is 28.2 Å². The van der Waals surface area contributed by atoms with Crippen molar-refractivity contribution >= 4 is 40.3 Å². The summed E-state index contributed by atoms with van der Waals surface area (Å²) in [7, 11) is 0. The number of pyridine rings is 1. The van der Waals surface area contributed by atoms with Crippen molar-refractivity contribution in [2.45, 2.75) is 44.8 Å². The first-order chi connectivity index (χ1) is 15.1. The normalized spacial score (nSPS) is 22.1. The van der Waals surface area contributed by atoms with Crippen molar-refractivity contribution in [3.05, 3.63) is 53.9 Å². The van der Waals surface area contributed by atoms with Crippen LogP contribution >= 0.6 is 11.8 Å². The number of anilines is 2. The number of nitrogens with one attached hydrogen (secondary N) is 2. The lowest BCUT2D eigenvalue weighted by atomic mass is 10.0. The Hall–Kier alpha value is -3.07. The molecule has 8 nitrogen and oxygen atoms in total. The molecule has 1 aromatic heterocycles. The van der Waals surface area contributed by atoms with Crippen LogP contribution in [0.2, 0.25) is 0 Å². The number of thioether (sulfide) groups is 1. The Morgan fingerprint density at radius 1 is 1.22 bits per heavy atom. The van der Waals surface area contributed by atoms with Crippen LogP contribution in [0.4, 0.5) is 16.2 Å². The monoisotopic (exact) mass is 453 g/mol. The summed E-state index contributed by atoms with van der Waals surface area (Å²) in [5, 5.41) is 6.26. The summed E-state index contributed by atoms with van der Waals surface area (Å²) in [4.78, 5) is 33.8. The van der Waals surface area contributed by atoms with E-state index in [1.165, 1.54) is 18.0 Å². The average molecular weight is 454 g/mol. The minimum atomic E-state index is -0.578. The van der Waals surface area contributed by atoms with Crippen molar-refractivity contribution in [2.24, 2.45) is 10.9 Å². The van der Waals surface area contributed by atoms with Gasteiger partial charge < -0.3 is 15.8 Å². The molecule has 0 radical (unpaired) electrons. The van der Waals surface area contributed by atoms with Crippen molar-refractivity contribution in [1.29, 1.82) is 0 Å². The standard InChI is InChI=1S/C23H27N5O3S/c1-22(2,3)31-21(30)27-20-28-23(12-15(23)9-10-32-20)14-5-4-6-17(11-14)26-19(29)18-8-7-16(24)13-25-18/h4-8,11,13,15H,9-10,12,24H2,1-3H3,(H,26,29)(H,27,28,30)/t15-,23-/m1/s1. The zero-order valence-electron chi connectivity index (χ0n) is 18.3. The third-order valence-electron chi connectivity index (χ3n) is 5.33. The molecule has 9 heteroatoms. The molecule has 0 saturated heterocycles. The number of benzene rings is 1. The number of hydrogen-bond donors (Lipinski definition) is 3. The number of hydrogen-bond acceptors (Lipinski definition) is 7. The first kappa shape index (κ1) is 22.1. The second-order valence-electron chi connectivity index (χ2n) is 9.02. The number of aliphatic imine (C=N–C) groups is 1. The fraction of sp³-hybridized carbons (Fsp3) is 0.391. The topological polar surface area (TPSA) is 119 Å². The molecule has 1 aliphatic carbocycles. The van der Waals surface area contributed by atoms with Gasteiger partial charge in [0.25, 0.3) is 5.91 Å². The number of carbonyl (C=O) groups is 2. The third-order valence-corrected chi connectivity index (χ3v) is 6.23. The van der Waals surface area contributed by atoms with Gasteiger partial charge in [-0.3, -0.25) is 15.1 Å². The maximum Gasteiger partial charge on any atom is 0.413 e. The van der Waals surface area contributed by atoms with Gasteiger partial charge in [-0.1, -0.05) is 23.9 Å². The Morgan fingerprint density at radius 3 is 2.75 bits per heavy atom. The van der Waals surface area contributed by atoms with Crippen LogP contribution in [-0.2, 0) is 10.3 Å². The Bertz CT molecular complexity index is 1060. The quantitative estimate of drug-likeness (QED) is 0.642. The summed E-state index contributed by atoms with van der Waals surface area (Å²) in [6.45, 7) is 5.48. The molecule has 1 aromatic carbocycles. The van der Waals surface area contributed by atoms with Gasteiger partial charge in [-0.05, 0) is 69.4 Å². The SMILES string of the molecule is CC(C)(C)OC(=O)NC1=N[C@@]2(c3cccc(NC(=O)c4ccc(N)cn4)c3)C[C@H]2CCS1. The maximum atomic E-state index is 12.5. The van der Waals surface area contributed by atoms with Crippen LogP contribution in [0.3, 0.4) is 0 Å². The molecule has 0 spiro atoms. The highest BCUT2D eigenvalue weighted by molar-refractivity contribution is 8.13. The number of carbonyl (C=O) groups excluding carboxylic acids is 2. The number of fused-ring (bicyclic) bond motifs is 1. The molecule has 2 aromatic rings. The van der Waals surface area contributed by atoms with E-state index in [1.54, 1.807) is 12.1 Å². The lowest BCUT2D eigenvalue weighted by Crippen LogP contribution is -2.35. The molecule has 0 unspecified atom stereocenters. The largest absolute Gasteiger partial charge is 0.444 e. The number of alkyl carbamates (subject to hydrolysis) is 1. The van der Waals surface area contributed by atoms with Crippen molar-refractivity contribution in [3.8, 4) is 0 Å². The van der Waals surface area contributed by atoms with Crippen LogP contribution in [0.25, 0.3) is 0 Å². The molecule has 4 rings (SSSR count). The van der Waals surface area contributed by atoms with E-state index < -0.39 is 17.2 Å². The predicted molar refractivity (Wildman–Crippen MR) is 127 cm³/mol. The molecule has 32 heavy (non-hydrogen) atoms. The predicted octanol–water partition coefficient (Wildman–Crippen LogP) is 4.15. The maximum absolute atomic E-state index is 12.5. The molecule has 2 aliphatic rings. The summed E-state index contributed by atoms with van der Waals surface area (Å²) in [5.74, 6) is 0.970. The van der Waals surface area contributed by atoms with E-state index in [9.17, 15) is 9.59 Å². The van der Waals surface area contributed by atoms with Gasteiger partial charge in [0.1, 0.15) is 11.3 Å². The number of nitrogens with two attached hydrogens (primary N) is 1. The van der Waals surface area contributed by atoms with E-state index in [4.69, 9.17) is 15.5 Å². The van der Waals surface area contributed by atoms with Crippen molar-refractivity contribution < 1.29 is 14.3 Å². The Labute approximate surface area is 191 Å². The molecule has 2 atom stereocenters. The van der Waals surface area contributed by atoms with Crippen LogP contribution in [0.15, 0.2) is 47.6 Å². The molecular weight excluding hydrogens is 426 g/mol. The van der Waals surface area contributed by atoms with Crippen LogP contribution < -0.4 is 16.4 Å². The molecule has 1 saturated carbocycles. The van der Waals surface area contributed by atoms with E-state index in [-0.39, 0.29) is 5.91 Å². The molecule has 1 fully saturated rings. The summed E-state index contributed by atoms with van der Waals surface area (Å²) in [5.41, 5.74) is 7.14. The third kappa shape index (κ3) is 5.04. The van der Waals surface area contributed by atoms with Crippen molar-refractivity contribution in [1.82, 2.24) is 10.3 Å². The minimum absolute atomic E-state index is 0.291. The van der Waals surface area contributed by atoms with Crippen molar-refractivity contribution in [3.63, 3.8) is 0 Å². The van der Waals surface area contributed by atoms with E-state index >= 15 is 0 Å². The summed E-state index contributed by atoms with van der Waals surface area (Å²) in [6, 6.07) is 10.9. The van der Waals surface area contributed by atoms with E-state index in [2.05, 4.69) is 15.6 Å². The second-order valence-corrected chi connectivity index (χ2v) is 10.1. The summed E-state index contributed by atoms with van der Waals surface area (Å²) < 4.78 is 5.38. The summed E-state index contributed by atoms with van der Waals surface area (Å²) >= 11 is 1.53. The average Bonchev–Trinajstić information content (AvgIpc) is 3.42. The lowest BCUT2D eigenvalue weighted by molar-refractivity contribution is 0.0564. The first-order valence-corrected chi connectivity index (χ1v) is 11.5. The number of nitrogen functional groups attached to an aromatic ring is 1. The molecule has 4 N–H and O–H groups in total. The van der Waals surface area contributed by atoms with Gasteiger partial charge in [-0.2, -0.15) is 0 Å². The van der Waals surface area contributed by atoms with Gasteiger partial charge in [0.15, 0.2) is 5.17 Å². The second kappa shape index (κ2) is 8.46. The molecule has 1 aliphatic heterocycles. The number of aromatic nitrogens is 1. The number of nitrogens with zero attached hydrogens (tertiary/aromatic N) is 2. The number of rotatable bonds is 3. The van der Waals surface area contributed by atoms with Crippen molar-refractivity contribution in [2.75, 3.05) is 16.8 Å². The highest BCUT2D eigenvalue weighted by Gasteiger charge is 2.56. The number of amides is 2. The zero-order chi connectivity index (χ0) is 22.9. The molecule has 2 amide bonds. The highest BCUT2D eigenvalue weighted by Crippen LogP contribution is 2.59. The molecule has 2 heterocycles. The smallest absolute Gasteiger partial charge is 0.413 e. The van der Waals surface area contributed by atoms with Gasteiger partial charge in [0.05, 0.1) is 17.4 Å². The van der Waals surface area contributed by atoms with Gasteiger partial charge in [-0.15, -0.1) is 0 Å². The van der Waals surface area contributed by atoms with Crippen LogP contribution in [0.5, 0.6) is 0 Å². The van der Waals surface area contributed by atoms with Gasteiger partial charge in [0.2, 0.25) is 0 Å². The molecule has 168 valence electrons. The number of ether oxygens (including phenoxy) is 1. The van der Waals surface area contributed by atoms with Crippen LogP contribution in [0, 0.1) is 5.92 Å². The Kier molecular flexibility index (Phi) is 5.85. The van der Waals surface area contributed by atoms with Gasteiger partial charge in [0, 0.05) is 11.4 Å². The Morgan fingerprint density at radius 2 is 2.03 bits per heavy atom. The van der Waals surface area contributed by atoms with Crippen LogP contribution in [0.1, 0.15) is 49.7 Å². The summed E-state index contributed by atoms with van der Waals surface area (Å²) in [6.07, 6.45) is 2.86. The highest BCUT2D eigenvalue weighted by atomic mass is 32.2. The fourth-order valence-electron chi connectivity index (χ4n) is 3.78. The zero-order valence-corrected chi connectivity index (χ0v) is 19.2. The fourth-order valence-corrected chi connectivity index (χ4v) is 4.76. The van der Waals surface area contributed by atoms with Gasteiger partial charge >= 0.3 is 6.09 Å². The van der Waals surface area contributed by atoms with E-state index in [1.807, 2.05) is 45.0 Å². The van der Waals surface area contributed by atoms with E-state index in [0.717, 1.165) is 24.2 Å². The molecule has 0 bridgehead atoms. The first-order valence-electron chi connectivity index (χ1n) is 10.5. The number of amidine groups is 1.